The molecule has 2 aromatic rings. The highest BCUT2D eigenvalue weighted by Gasteiger charge is 2.37. The molecular formula is C25H35N4O8P. The topological polar surface area (TPSA) is 189 Å². The van der Waals surface area contributed by atoms with Crippen LogP contribution in [0.4, 0.5) is 11.4 Å². The van der Waals surface area contributed by atoms with Crippen LogP contribution in [0.3, 0.4) is 0 Å². The number of anilines is 2. The van der Waals surface area contributed by atoms with E-state index in [0.717, 1.165) is 0 Å². The van der Waals surface area contributed by atoms with Crippen LogP contribution in [0, 0.1) is 0 Å². The maximum Gasteiger partial charge on any atom is 0.328 e. The third-order valence-corrected chi connectivity index (χ3v) is 7.47. The summed E-state index contributed by atoms with van der Waals surface area (Å²) in [4.78, 5) is 36.7. The van der Waals surface area contributed by atoms with E-state index < -0.39 is 30.7 Å². The minimum Gasteiger partial charge on any atom is -0.507 e. The molecule has 0 heterocycles. The first-order chi connectivity index (χ1) is 18.2. The standard InChI is InChI=1S/C25H35N4O8P/c1-2-37-38(35,36)15-3-8-26-9-11-28-16-4-5-17(29-12-10-27-13-14-30)21-20(16)24(33)22-18(31)6-7-19(32)23(22)25(21)34/h4-7,26-32H,2-3,8-15H2,1H3,(H,35,36). The Bertz CT molecular complexity index is 1210. The average Bonchev–Trinajstić information content (AvgIpc) is 2.88. The SMILES string of the molecule is CCOP(=O)(O)CCCNCCNc1ccc(NCCNCCO)c2c1C(=O)c1c(O)ccc(O)c1C2=O. The Kier molecular flexibility index (Phi) is 10.7. The van der Waals surface area contributed by atoms with Crippen molar-refractivity contribution in [1.82, 2.24) is 10.6 Å². The molecular weight excluding hydrogens is 515 g/mol. The Balaban J connectivity index is 1.75. The lowest BCUT2D eigenvalue weighted by Gasteiger charge is -2.25. The van der Waals surface area contributed by atoms with Gasteiger partial charge in [-0.1, -0.05) is 0 Å². The number of ketones is 2. The van der Waals surface area contributed by atoms with E-state index in [4.69, 9.17) is 9.63 Å². The van der Waals surface area contributed by atoms with E-state index in [1.165, 1.54) is 12.1 Å². The molecule has 0 aromatic heterocycles. The highest BCUT2D eigenvalue weighted by molar-refractivity contribution is 7.52. The number of phenolic OH excluding ortho intramolecular Hbond substituents is 2. The summed E-state index contributed by atoms with van der Waals surface area (Å²) in [5.41, 5.74) is 0.509. The van der Waals surface area contributed by atoms with Crippen LogP contribution in [0.25, 0.3) is 0 Å². The molecule has 0 aliphatic heterocycles. The summed E-state index contributed by atoms with van der Waals surface area (Å²) in [6.45, 7) is 4.50. The minimum atomic E-state index is -3.56. The van der Waals surface area contributed by atoms with Gasteiger partial charge in [-0.25, -0.2) is 0 Å². The molecule has 0 saturated heterocycles. The van der Waals surface area contributed by atoms with E-state index in [9.17, 15) is 29.3 Å². The smallest absolute Gasteiger partial charge is 0.328 e. The van der Waals surface area contributed by atoms with Crippen LogP contribution in [-0.2, 0) is 9.09 Å². The van der Waals surface area contributed by atoms with Gasteiger partial charge in [-0.2, -0.15) is 0 Å². The zero-order chi connectivity index (χ0) is 27.7. The van der Waals surface area contributed by atoms with Crippen molar-refractivity contribution in [3.05, 3.63) is 46.5 Å². The molecule has 208 valence electrons. The van der Waals surface area contributed by atoms with Gasteiger partial charge in [-0.3, -0.25) is 14.2 Å². The molecule has 1 aliphatic rings. The maximum absolute atomic E-state index is 13.5. The second-order valence-corrected chi connectivity index (χ2v) is 10.6. The summed E-state index contributed by atoms with van der Waals surface area (Å²) in [7, 11) is -3.56. The first-order valence-corrected chi connectivity index (χ1v) is 14.3. The third-order valence-electron chi connectivity index (χ3n) is 5.92. The number of carbonyl (C=O) groups is 2. The Morgan fingerprint density at radius 1 is 0.763 bits per heavy atom. The summed E-state index contributed by atoms with van der Waals surface area (Å²) < 4.78 is 16.6. The number of carbonyl (C=O) groups excluding carboxylic acids is 2. The normalized spacial score (nSPS) is 14.1. The molecule has 38 heavy (non-hydrogen) atoms. The monoisotopic (exact) mass is 550 g/mol. The third kappa shape index (κ3) is 7.10. The summed E-state index contributed by atoms with van der Waals surface area (Å²) in [6.07, 6.45) is 0.494. The second kappa shape index (κ2) is 13.7. The Morgan fingerprint density at radius 2 is 1.26 bits per heavy atom. The molecule has 1 aliphatic carbocycles. The van der Waals surface area contributed by atoms with Gasteiger partial charge >= 0.3 is 7.60 Å². The molecule has 13 heteroatoms. The summed E-state index contributed by atoms with van der Waals surface area (Å²) >= 11 is 0. The van der Waals surface area contributed by atoms with Gasteiger partial charge in [0.25, 0.3) is 0 Å². The van der Waals surface area contributed by atoms with Gasteiger partial charge in [0.15, 0.2) is 0 Å². The van der Waals surface area contributed by atoms with E-state index >= 15 is 0 Å². The quantitative estimate of drug-likeness (QED) is 0.0730. The fourth-order valence-corrected chi connectivity index (χ4v) is 5.32. The number of benzene rings is 2. The zero-order valence-corrected chi connectivity index (χ0v) is 22.1. The lowest BCUT2D eigenvalue weighted by molar-refractivity contribution is 0.0975. The maximum atomic E-state index is 13.5. The predicted octanol–water partition coefficient (Wildman–Crippen LogP) is 1.48. The minimum absolute atomic E-state index is 0.00727. The molecule has 3 rings (SSSR count). The van der Waals surface area contributed by atoms with Gasteiger partial charge in [0.2, 0.25) is 11.6 Å². The van der Waals surface area contributed by atoms with Crippen molar-refractivity contribution in [3.63, 3.8) is 0 Å². The van der Waals surface area contributed by atoms with Gasteiger partial charge < -0.3 is 46.0 Å². The largest absolute Gasteiger partial charge is 0.507 e. The fourth-order valence-electron chi connectivity index (χ4n) is 4.23. The summed E-state index contributed by atoms with van der Waals surface area (Å²) in [5.74, 6) is -1.96. The van der Waals surface area contributed by atoms with Crippen LogP contribution >= 0.6 is 7.60 Å². The molecule has 0 bridgehead atoms. The van der Waals surface area contributed by atoms with E-state index in [0.29, 0.717) is 57.1 Å². The van der Waals surface area contributed by atoms with Gasteiger partial charge in [0.1, 0.15) is 11.5 Å². The first kappa shape index (κ1) is 29.6. The highest BCUT2D eigenvalue weighted by Crippen LogP contribution is 2.43. The van der Waals surface area contributed by atoms with Crippen molar-refractivity contribution in [3.8, 4) is 11.5 Å². The Morgan fingerprint density at radius 3 is 1.74 bits per heavy atom. The van der Waals surface area contributed by atoms with Gasteiger partial charge in [-0.05, 0) is 44.2 Å². The van der Waals surface area contributed by atoms with Crippen LogP contribution in [0.5, 0.6) is 11.5 Å². The zero-order valence-electron chi connectivity index (χ0n) is 21.2. The van der Waals surface area contributed by atoms with Crippen molar-refractivity contribution >= 4 is 30.5 Å². The summed E-state index contributed by atoms with van der Waals surface area (Å²) in [5, 5.41) is 42.1. The Labute approximate surface area is 221 Å². The number of phenols is 2. The number of hydrogen-bond acceptors (Lipinski definition) is 11. The molecule has 12 nitrogen and oxygen atoms in total. The average molecular weight is 551 g/mol. The summed E-state index contributed by atoms with van der Waals surface area (Å²) in [6, 6.07) is 5.69. The van der Waals surface area contributed by atoms with Crippen LogP contribution in [0.1, 0.15) is 45.2 Å². The van der Waals surface area contributed by atoms with Gasteiger partial charge in [0.05, 0.1) is 41.6 Å². The number of aromatic hydroxyl groups is 2. The Hall–Kier alpha value is -2.99. The highest BCUT2D eigenvalue weighted by atomic mass is 31.2. The predicted molar refractivity (Wildman–Crippen MR) is 144 cm³/mol. The van der Waals surface area contributed by atoms with Crippen molar-refractivity contribution in [2.45, 2.75) is 13.3 Å². The van der Waals surface area contributed by atoms with Crippen LogP contribution < -0.4 is 21.3 Å². The lowest BCUT2D eigenvalue weighted by Crippen LogP contribution is -2.28. The van der Waals surface area contributed by atoms with Crippen molar-refractivity contribution in [2.24, 2.45) is 0 Å². The molecule has 0 saturated carbocycles. The number of aliphatic hydroxyl groups excluding tert-OH is 1. The number of nitrogens with one attached hydrogen (secondary N) is 4. The van der Waals surface area contributed by atoms with Crippen LogP contribution in [0.2, 0.25) is 0 Å². The van der Waals surface area contributed by atoms with Gasteiger partial charge in [0, 0.05) is 44.1 Å². The lowest BCUT2D eigenvalue weighted by atomic mass is 9.81. The number of aliphatic hydroxyl groups is 1. The second-order valence-electron chi connectivity index (χ2n) is 8.63. The molecule has 2 aromatic carbocycles. The number of rotatable bonds is 16. The van der Waals surface area contributed by atoms with E-state index in [1.807, 2.05) is 0 Å². The van der Waals surface area contributed by atoms with Crippen molar-refractivity contribution in [1.29, 1.82) is 0 Å². The molecule has 8 N–H and O–H groups in total. The number of fused-ring (bicyclic) bond motifs is 2. The number of hydrogen-bond donors (Lipinski definition) is 8. The van der Waals surface area contributed by atoms with Gasteiger partial charge in [-0.15, -0.1) is 0 Å². The first-order valence-electron chi connectivity index (χ1n) is 12.5. The molecule has 0 fully saturated rings. The van der Waals surface area contributed by atoms with Crippen LogP contribution in [-0.4, -0.2) is 90.4 Å². The van der Waals surface area contributed by atoms with Crippen molar-refractivity contribution < 1.29 is 38.9 Å². The van der Waals surface area contributed by atoms with E-state index in [1.54, 1.807) is 19.1 Å². The fraction of sp³-hybridized carbons (Fsp3) is 0.440. The molecule has 0 radical (unpaired) electrons. The molecule has 0 spiro atoms. The van der Waals surface area contributed by atoms with E-state index in [2.05, 4.69) is 21.3 Å². The molecule has 1 atom stereocenters. The van der Waals surface area contributed by atoms with Crippen molar-refractivity contribution in [2.75, 3.05) is 69.3 Å². The molecule has 1 unspecified atom stereocenters. The van der Waals surface area contributed by atoms with E-state index in [-0.39, 0.29) is 41.6 Å². The van der Waals surface area contributed by atoms with Crippen LogP contribution in [0.15, 0.2) is 24.3 Å². The molecule has 0 amide bonds.